The predicted molar refractivity (Wildman–Crippen MR) is 79.1 cm³/mol. The van der Waals surface area contributed by atoms with E-state index in [0.29, 0.717) is 18.0 Å². The topological polar surface area (TPSA) is 87.2 Å². The molecule has 0 unspecified atom stereocenters. The number of hydrogen-bond acceptors (Lipinski definition) is 4. The number of aromatic nitrogens is 2. The van der Waals surface area contributed by atoms with E-state index >= 15 is 0 Å². The Morgan fingerprint density at radius 2 is 2.14 bits per heavy atom. The Morgan fingerprint density at radius 1 is 1.43 bits per heavy atom. The lowest BCUT2D eigenvalue weighted by atomic mass is 10.1. The van der Waals surface area contributed by atoms with Gasteiger partial charge in [0, 0.05) is 12.7 Å². The minimum Gasteiger partial charge on any atom is -0.508 e. The molecule has 3 N–H and O–H groups in total. The molecule has 0 saturated heterocycles. The molecule has 6 nitrogen and oxygen atoms in total. The fourth-order valence-corrected chi connectivity index (χ4v) is 1.94. The number of phenols is 1. The van der Waals surface area contributed by atoms with Gasteiger partial charge in [-0.15, -0.1) is 0 Å². The van der Waals surface area contributed by atoms with Gasteiger partial charge in [0.05, 0.1) is 18.3 Å². The smallest absolute Gasteiger partial charge is 0.269 e. The first kappa shape index (κ1) is 15.1. The van der Waals surface area contributed by atoms with Gasteiger partial charge in [0.25, 0.3) is 5.91 Å². The molecule has 1 aromatic heterocycles. The first-order chi connectivity index (χ1) is 10.1. The maximum absolute atomic E-state index is 12.1. The summed E-state index contributed by atoms with van der Waals surface area (Å²) in [7, 11) is 1.61. The number of amides is 1. The summed E-state index contributed by atoms with van der Waals surface area (Å²) in [5, 5.41) is 19.0. The van der Waals surface area contributed by atoms with Crippen LogP contribution in [0.2, 0.25) is 0 Å². The molecular weight excluding hydrogens is 270 g/mol. The van der Waals surface area contributed by atoms with Crippen LogP contribution in [0.1, 0.15) is 23.8 Å². The van der Waals surface area contributed by atoms with Crippen molar-refractivity contribution in [2.24, 2.45) is 0 Å². The minimum absolute atomic E-state index is 0.0251. The fraction of sp³-hybridized carbons (Fsp3) is 0.333. The van der Waals surface area contributed by atoms with E-state index in [1.807, 2.05) is 6.92 Å². The first-order valence-corrected chi connectivity index (χ1v) is 6.78. The van der Waals surface area contributed by atoms with E-state index in [4.69, 9.17) is 4.74 Å². The molecule has 0 radical (unpaired) electrons. The molecule has 0 bridgehead atoms. The fourth-order valence-electron chi connectivity index (χ4n) is 1.94. The predicted octanol–water partition coefficient (Wildman–Crippen LogP) is 1.94. The van der Waals surface area contributed by atoms with Crippen LogP contribution in [0.5, 0.6) is 5.75 Å². The standard InChI is InChI=1S/C15H19N3O3/c1-3-11(9-21-2)16-15(20)14-8-13(17-18-14)10-4-6-12(19)7-5-10/h4-8,11,19H,3,9H2,1-2H3,(H,16,20)(H,17,18)/t11-/m0/s1. The zero-order valence-corrected chi connectivity index (χ0v) is 12.1. The maximum Gasteiger partial charge on any atom is 0.269 e. The van der Waals surface area contributed by atoms with Crippen LogP contribution < -0.4 is 5.32 Å². The van der Waals surface area contributed by atoms with E-state index in [2.05, 4.69) is 15.5 Å². The van der Waals surface area contributed by atoms with Gasteiger partial charge >= 0.3 is 0 Å². The molecule has 0 aliphatic rings. The Hall–Kier alpha value is -2.34. The number of H-pyrrole nitrogens is 1. The van der Waals surface area contributed by atoms with Crippen molar-refractivity contribution in [3.63, 3.8) is 0 Å². The van der Waals surface area contributed by atoms with Crippen LogP contribution in [0.25, 0.3) is 11.3 Å². The molecule has 1 amide bonds. The average molecular weight is 289 g/mol. The quantitative estimate of drug-likeness (QED) is 0.758. The van der Waals surface area contributed by atoms with Crippen molar-refractivity contribution in [3.05, 3.63) is 36.0 Å². The molecule has 0 spiro atoms. The van der Waals surface area contributed by atoms with Crippen LogP contribution in [0.4, 0.5) is 0 Å². The van der Waals surface area contributed by atoms with Crippen molar-refractivity contribution in [1.29, 1.82) is 0 Å². The second-order valence-corrected chi connectivity index (χ2v) is 4.75. The number of aromatic hydroxyl groups is 1. The third-order valence-corrected chi connectivity index (χ3v) is 3.18. The van der Waals surface area contributed by atoms with Crippen LogP contribution in [-0.4, -0.2) is 41.0 Å². The summed E-state index contributed by atoms with van der Waals surface area (Å²) in [5.74, 6) is -0.0194. The van der Waals surface area contributed by atoms with E-state index in [0.717, 1.165) is 12.0 Å². The number of hydrogen-bond donors (Lipinski definition) is 3. The molecule has 0 aliphatic heterocycles. The molecule has 1 heterocycles. The molecule has 1 aromatic carbocycles. The summed E-state index contributed by atoms with van der Waals surface area (Å²) in [6.45, 7) is 2.46. The third kappa shape index (κ3) is 3.82. The van der Waals surface area contributed by atoms with Gasteiger partial charge < -0.3 is 15.2 Å². The van der Waals surface area contributed by atoms with Crippen molar-refractivity contribution in [1.82, 2.24) is 15.5 Å². The largest absolute Gasteiger partial charge is 0.508 e. The number of nitrogens with one attached hydrogen (secondary N) is 2. The van der Waals surface area contributed by atoms with Crippen molar-refractivity contribution < 1.29 is 14.6 Å². The number of phenolic OH excluding ortho intramolecular Hbond substituents is 1. The Morgan fingerprint density at radius 3 is 2.76 bits per heavy atom. The second-order valence-electron chi connectivity index (χ2n) is 4.75. The van der Waals surface area contributed by atoms with E-state index in [-0.39, 0.29) is 17.7 Å². The zero-order valence-electron chi connectivity index (χ0n) is 12.1. The number of ether oxygens (including phenoxy) is 1. The van der Waals surface area contributed by atoms with E-state index < -0.39 is 0 Å². The monoisotopic (exact) mass is 289 g/mol. The summed E-state index contributed by atoms with van der Waals surface area (Å²) < 4.78 is 5.05. The van der Waals surface area contributed by atoms with Crippen LogP contribution in [0, 0.1) is 0 Å². The Labute approximate surface area is 123 Å². The Kier molecular flexibility index (Phi) is 4.94. The SMILES string of the molecule is CC[C@@H](COC)NC(=O)c1cc(-c2ccc(O)cc2)n[nH]1. The van der Waals surface area contributed by atoms with Gasteiger partial charge in [0.1, 0.15) is 11.4 Å². The minimum atomic E-state index is -0.212. The van der Waals surface area contributed by atoms with Crippen LogP contribution >= 0.6 is 0 Å². The average Bonchev–Trinajstić information content (AvgIpc) is 2.97. The highest BCUT2D eigenvalue weighted by molar-refractivity contribution is 5.93. The molecule has 21 heavy (non-hydrogen) atoms. The molecule has 0 fully saturated rings. The molecule has 2 aromatic rings. The maximum atomic E-state index is 12.1. The highest BCUT2D eigenvalue weighted by Crippen LogP contribution is 2.20. The van der Waals surface area contributed by atoms with Gasteiger partial charge in [-0.05, 0) is 36.8 Å². The van der Waals surface area contributed by atoms with Crippen molar-refractivity contribution in [2.45, 2.75) is 19.4 Å². The summed E-state index contributed by atoms with van der Waals surface area (Å²) >= 11 is 0. The van der Waals surface area contributed by atoms with Crippen molar-refractivity contribution in [2.75, 3.05) is 13.7 Å². The highest BCUT2D eigenvalue weighted by Gasteiger charge is 2.15. The number of methoxy groups -OCH3 is 1. The van der Waals surface area contributed by atoms with Gasteiger partial charge in [0.2, 0.25) is 0 Å². The molecule has 112 valence electrons. The van der Waals surface area contributed by atoms with Gasteiger partial charge in [-0.3, -0.25) is 9.89 Å². The number of rotatable bonds is 6. The molecule has 2 rings (SSSR count). The zero-order chi connectivity index (χ0) is 15.2. The molecule has 1 atom stereocenters. The molecule has 0 saturated carbocycles. The number of benzene rings is 1. The summed E-state index contributed by atoms with van der Waals surface area (Å²) in [4.78, 5) is 12.1. The number of nitrogens with zero attached hydrogens (tertiary/aromatic N) is 1. The van der Waals surface area contributed by atoms with E-state index in [1.165, 1.54) is 0 Å². The molecular formula is C15H19N3O3. The summed E-state index contributed by atoms with van der Waals surface area (Å²) in [6.07, 6.45) is 0.790. The van der Waals surface area contributed by atoms with Crippen molar-refractivity contribution in [3.8, 4) is 17.0 Å². The van der Waals surface area contributed by atoms with Crippen LogP contribution in [0.3, 0.4) is 0 Å². The van der Waals surface area contributed by atoms with Crippen LogP contribution in [-0.2, 0) is 4.74 Å². The van der Waals surface area contributed by atoms with Gasteiger partial charge in [-0.25, -0.2) is 0 Å². The van der Waals surface area contributed by atoms with Crippen molar-refractivity contribution >= 4 is 5.91 Å². The summed E-state index contributed by atoms with van der Waals surface area (Å²) in [5.41, 5.74) is 1.87. The number of carbonyl (C=O) groups excluding carboxylic acids is 1. The lowest BCUT2D eigenvalue weighted by molar-refractivity contribution is 0.0889. The van der Waals surface area contributed by atoms with E-state index in [1.54, 1.807) is 37.4 Å². The van der Waals surface area contributed by atoms with Gasteiger partial charge in [-0.1, -0.05) is 6.92 Å². The van der Waals surface area contributed by atoms with E-state index in [9.17, 15) is 9.90 Å². The molecule has 6 heteroatoms. The number of aromatic amines is 1. The highest BCUT2D eigenvalue weighted by atomic mass is 16.5. The third-order valence-electron chi connectivity index (χ3n) is 3.18. The van der Waals surface area contributed by atoms with Gasteiger partial charge in [0.15, 0.2) is 0 Å². The van der Waals surface area contributed by atoms with Gasteiger partial charge in [-0.2, -0.15) is 5.10 Å². The normalized spacial score (nSPS) is 12.1. The first-order valence-electron chi connectivity index (χ1n) is 6.78. The van der Waals surface area contributed by atoms with Crippen LogP contribution in [0.15, 0.2) is 30.3 Å². The lowest BCUT2D eigenvalue weighted by Gasteiger charge is -2.14. The number of carbonyl (C=O) groups is 1. The Bertz CT molecular complexity index is 592. The summed E-state index contributed by atoms with van der Waals surface area (Å²) in [6, 6.07) is 8.30. The lowest BCUT2D eigenvalue weighted by Crippen LogP contribution is -2.37. The second kappa shape index (κ2) is 6.90. The molecule has 0 aliphatic carbocycles. The Balaban J connectivity index is 2.08.